The highest BCUT2D eigenvalue weighted by atomic mass is 16.4. The van der Waals surface area contributed by atoms with E-state index in [-0.39, 0.29) is 5.41 Å². The van der Waals surface area contributed by atoms with Crippen LogP contribution in [0.1, 0.15) is 32.1 Å². The standard InChI is InChI=1S/C11H18N4O/c1-11(3-2-4-11)9-13-14-10(16-9)15-7-5-12-6-8-15/h12H,2-8H2,1H3. The van der Waals surface area contributed by atoms with E-state index in [1.807, 2.05) is 0 Å². The first kappa shape index (κ1) is 10.1. The fraction of sp³-hybridized carbons (Fsp3) is 0.818. The fourth-order valence-electron chi connectivity index (χ4n) is 2.36. The van der Waals surface area contributed by atoms with Crippen molar-refractivity contribution in [3.63, 3.8) is 0 Å². The summed E-state index contributed by atoms with van der Waals surface area (Å²) in [5.74, 6) is 0.826. The first-order valence-corrected chi connectivity index (χ1v) is 6.08. The maximum Gasteiger partial charge on any atom is 0.318 e. The molecule has 1 saturated heterocycles. The Morgan fingerprint density at radius 2 is 2.00 bits per heavy atom. The molecule has 2 fully saturated rings. The smallest absolute Gasteiger partial charge is 0.318 e. The molecular formula is C11H18N4O. The first-order valence-electron chi connectivity index (χ1n) is 6.08. The Morgan fingerprint density at radius 1 is 1.25 bits per heavy atom. The van der Waals surface area contributed by atoms with E-state index >= 15 is 0 Å². The Labute approximate surface area is 95.2 Å². The minimum Gasteiger partial charge on any atom is -0.407 e. The van der Waals surface area contributed by atoms with Gasteiger partial charge < -0.3 is 14.6 Å². The van der Waals surface area contributed by atoms with Gasteiger partial charge in [-0.15, -0.1) is 5.10 Å². The van der Waals surface area contributed by atoms with Gasteiger partial charge in [-0.25, -0.2) is 0 Å². The quantitative estimate of drug-likeness (QED) is 0.806. The summed E-state index contributed by atoms with van der Waals surface area (Å²) >= 11 is 0. The SMILES string of the molecule is CC1(c2nnc(N3CCNCC3)o2)CCC1. The van der Waals surface area contributed by atoms with Crippen LogP contribution in [0.15, 0.2) is 4.42 Å². The molecule has 1 saturated carbocycles. The van der Waals surface area contributed by atoms with Crippen molar-refractivity contribution in [1.29, 1.82) is 0 Å². The monoisotopic (exact) mass is 222 g/mol. The van der Waals surface area contributed by atoms with Gasteiger partial charge in [0.25, 0.3) is 0 Å². The van der Waals surface area contributed by atoms with Gasteiger partial charge in [0, 0.05) is 31.6 Å². The lowest BCUT2D eigenvalue weighted by molar-refractivity contribution is 0.214. The van der Waals surface area contributed by atoms with E-state index in [2.05, 4.69) is 27.3 Å². The number of anilines is 1. The lowest BCUT2D eigenvalue weighted by atomic mass is 9.70. The Morgan fingerprint density at radius 3 is 2.62 bits per heavy atom. The molecule has 1 aliphatic heterocycles. The number of piperazine rings is 1. The van der Waals surface area contributed by atoms with E-state index in [1.54, 1.807) is 0 Å². The molecule has 1 aromatic rings. The zero-order valence-corrected chi connectivity index (χ0v) is 9.70. The van der Waals surface area contributed by atoms with Crippen molar-refractivity contribution in [2.45, 2.75) is 31.6 Å². The van der Waals surface area contributed by atoms with Gasteiger partial charge in [-0.2, -0.15) is 0 Å². The third-order valence-electron chi connectivity index (χ3n) is 3.78. The van der Waals surface area contributed by atoms with Gasteiger partial charge in [0.2, 0.25) is 5.89 Å². The Balaban J connectivity index is 1.76. The van der Waals surface area contributed by atoms with E-state index in [0.29, 0.717) is 6.01 Å². The number of rotatable bonds is 2. The van der Waals surface area contributed by atoms with Crippen LogP contribution in [0.2, 0.25) is 0 Å². The zero-order valence-electron chi connectivity index (χ0n) is 9.70. The molecule has 88 valence electrons. The van der Waals surface area contributed by atoms with Crippen molar-refractivity contribution in [1.82, 2.24) is 15.5 Å². The molecule has 2 aliphatic rings. The number of hydrogen-bond donors (Lipinski definition) is 1. The van der Waals surface area contributed by atoms with Gasteiger partial charge in [-0.05, 0) is 12.8 Å². The second kappa shape index (κ2) is 3.73. The first-order chi connectivity index (χ1) is 7.78. The molecular weight excluding hydrogens is 204 g/mol. The van der Waals surface area contributed by atoms with Gasteiger partial charge >= 0.3 is 6.01 Å². The van der Waals surface area contributed by atoms with Crippen LogP contribution in [-0.2, 0) is 5.41 Å². The lowest BCUT2D eigenvalue weighted by Gasteiger charge is -2.34. The molecule has 0 bridgehead atoms. The number of nitrogens with one attached hydrogen (secondary N) is 1. The Bertz CT molecular complexity index is 366. The van der Waals surface area contributed by atoms with Crippen LogP contribution in [0.25, 0.3) is 0 Å². The Hall–Kier alpha value is -1.10. The lowest BCUT2D eigenvalue weighted by Crippen LogP contribution is -2.43. The van der Waals surface area contributed by atoms with E-state index in [0.717, 1.165) is 32.1 Å². The maximum atomic E-state index is 5.81. The third kappa shape index (κ3) is 1.59. The van der Waals surface area contributed by atoms with Crippen LogP contribution in [0.4, 0.5) is 6.01 Å². The van der Waals surface area contributed by atoms with Crippen LogP contribution in [-0.4, -0.2) is 36.4 Å². The third-order valence-corrected chi connectivity index (χ3v) is 3.78. The van der Waals surface area contributed by atoms with E-state index < -0.39 is 0 Å². The molecule has 0 amide bonds. The molecule has 16 heavy (non-hydrogen) atoms. The fourth-order valence-corrected chi connectivity index (χ4v) is 2.36. The van der Waals surface area contributed by atoms with Crippen LogP contribution in [0, 0.1) is 0 Å². The molecule has 0 atom stereocenters. The number of nitrogens with zero attached hydrogens (tertiary/aromatic N) is 3. The normalized spacial score (nSPS) is 24.2. The summed E-state index contributed by atoms with van der Waals surface area (Å²) in [6.07, 6.45) is 3.63. The minimum absolute atomic E-state index is 0.152. The summed E-state index contributed by atoms with van der Waals surface area (Å²) in [6.45, 7) is 6.12. The summed E-state index contributed by atoms with van der Waals surface area (Å²) in [5.41, 5.74) is 0.152. The van der Waals surface area contributed by atoms with Gasteiger partial charge in [0.1, 0.15) is 0 Å². The van der Waals surface area contributed by atoms with Crippen LogP contribution in [0.5, 0.6) is 0 Å². The minimum atomic E-state index is 0.152. The second-order valence-electron chi connectivity index (χ2n) is 5.04. The summed E-state index contributed by atoms with van der Waals surface area (Å²) in [5, 5.41) is 11.7. The highest BCUT2D eigenvalue weighted by Crippen LogP contribution is 2.42. The molecule has 0 aromatic carbocycles. The molecule has 5 heteroatoms. The van der Waals surface area contributed by atoms with Gasteiger partial charge in [-0.3, -0.25) is 0 Å². The molecule has 0 radical (unpaired) electrons. The molecule has 0 spiro atoms. The van der Waals surface area contributed by atoms with Gasteiger partial charge in [0.15, 0.2) is 0 Å². The van der Waals surface area contributed by atoms with Crippen molar-refractivity contribution in [2.75, 3.05) is 31.1 Å². The predicted molar refractivity (Wildman–Crippen MR) is 60.6 cm³/mol. The van der Waals surface area contributed by atoms with Crippen molar-refractivity contribution in [2.24, 2.45) is 0 Å². The maximum absolute atomic E-state index is 5.81. The van der Waals surface area contributed by atoms with Crippen molar-refractivity contribution in [3.8, 4) is 0 Å². The predicted octanol–water partition coefficient (Wildman–Crippen LogP) is 0.921. The molecule has 1 aromatic heterocycles. The Kier molecular flexibility index (Phi) is 2.35. The van der Waals surface area contributed by atoms with Crippen LogP contribution < -0.4 is 10.2 Å². The largest absolute Gasteiger partial charge is 0.407 e. The molecule has 0 unspecified atom stereocenters. The molecule has 3 rings (SSSR count). The van der Waals surface area contributed by atoms with Gasteiger partial charge in [0.05, 0.1) is 0 Å². The molecule has 5 nitrogen and oxygen atoms in total. The highest BCUT2D eigenvalue weighted by Gasteiger charge is 2.39. The summed E-state index contributed by atoms with van der Waals surface area (Å²) < 4.78 is 5.81. The number of aromatic nitrogens is 2. The van der Waals surface area contributed by atoms with Crippen molar-refractivity contribution < 1.29 is 4.42 Å². The topological polar surface area (TPSA) is 54.2 Å². The van der Waals surface area contributed by atoms with Crippen LogP contribution >= 0.6 is 0 Å². The molecule has 1 N–H and O–H groups in total. The molecule has 1 aliphatic carbocycles. The van der Waals surface area contributed by atoms with Gasteiger partial charge in [-0.1, -0.05) is 18.4 Å². The highest BCUT2D eigenvalue weighted by molar-refractivity contribution is 5.26. The summed E-state index contributed by atoms with van der Waals surface area (Å²) in [6, 6.07) is 0.699. The zero-order chi connectivity index (χ0) is 11.0. The van der Waals surface area contributed by atoms with E-state index in [4.69, 9.17) is 4.42 Å². The molecule has 2 heterocycles. The second-order valence-corrected chi connectivity index (χ2v) is 5.04. The summed E-state index contributed by atoms with van der Waals surface area (Å²) in [4.78, 5) is 2.16. The number of hydrogen-bond acceptors (Lipinski definition) is 5. The van der Waals surface area contributed by atoms with Crippen molar-refractivity contribution in [3.05, 3.63) is 5.89 Å². The van der Waals surface area contributed by atoms with Crippen LogP contribution in [0.3, 0.4) is 0 Å². The van der Waals surface area contributed by atoms with E-state index in [1.165, 1.54) is 19.3 Å². The van der Waals surface area contributed by atoms with Crippen molar-refractivity contribution >= 4 is 6.01 Å². The average molecular weight is 222 g/mol. The van der Waals surface area contributed by atoms with E-state index in [9.17, 15) is 0 Å². The average Bonchev–Trinajstić information content (AvgIpc) is 2.77. The summed E-state index contributed by atoms with van der Waals surface area (Å²) in [7, 11) is 0.